The molecule has 2 atom stereocenters. The van der Waals surface area contributed by atoms with Crippen molar-refractivity contribution in [1.82, 2.24) is 5.32 Å². The number of methoxy groups -OCH3 is 1. The molecule has 130 valence electrons. The van der Waals surface area contributed by atoms with Gasteiger partial charge in [0.05, 0.1) is 32.5 Å². The maximum absolute atomic E-state index is 6.36. The van der Waals surface area contributed by atoms with Crippen LogP contribution < -0.4 is 10.1 Å². The molecule has 4 nitrogen and oxygen atoms in total. The number of epoxide rings is 1. The lowest BCUT2D eigenvalue weighted by Gasteiger charge is -2.37. The molecule has 0 bridgehead atoms. The van der Waals surface area contributed by atoms with E-state index in [0.717, 1.165) is 25.5 Å². The lowest BCUT2D eigenvalue weighted by atomic mass is 10.2. The van der Waals surface area contributed by atoms with E-state index in [4.69, 9.17) is 13.9 Å². The smallest absolute Gasteiger partial charge is 0.192 e. The van der Waals surface area contributed by atoms with Crippen molar-refractivity contribution in [3.8, 4) is 5.75 Å². The average Bonchev–Trinajstić information content (AvgIpc) is 3.31. The molecule has 0 unspecified atom stereocenters. The zero-order valence-electron chi connectivity index (χ0n) is 15.3. The Bertz CT molecular complexity index is 492. The Morgan fingerprint density at radius 1 is 1.26 bits per heavy atom. The van der Waals surface area contributed by atoms with Crippen molar-refractivity contribution >= 4 is 8.32 Å². The SMILES string of the molecule is COc1ccc(CN[C@@H](CO[Si](C)(C)C(C)(C)C)[C@H]2CO2)cc1. The number of rotatable bonds is 8. The molecule has 0 radical (unpaired) electrons. The second kappa shape index (κ2) is 7.34. The van der Waals surface area contributed by atoms with Gasteiger partial charge in [0.2, 0.25) is 0 Å². The number of hydrogen-bond donors (Lipinski definition) is 1. The van der Waals surface area contributed by atoms with Crippen LogP contribution in [0.3, 0.4) is 0 Å². The molecule has 1 N–H and O–H groups in total. The summed E-state index contributed by atoms with van der Waals surface area (Å²) < 4.78 is 17.1. The van der Waals surface area contributed by atoms with E-state index in [1.165, 1.54) is 5.56 Å². The summed E-state index contributed by atoms with van der Waals surface area (Å²) in [4.78, 5) is 0. The van der Waals surface area contributed by atoms with Crippen LogP contribution in [0.1, 0.15) is 26.3 Å². The van der Waals surface area contributed by atoms with Crippen LogP contribution in [-0.4, -0.2) is 40.8 Å². The van der Waals surface area contributed by atoms with E-state index in [2.05, 4.69) is 51.3 Å². The highest BCUT2D eigenvalue weighted by Gasteiger charge is 2.40. The summed E-state index contributed by atoms with van der Waals surface area (Å²) >= 11 is 0. The molecule has 0 saturated carbocycles. The Hall–Kier alpha value is -0.883. The Balaban J connectivity index is 1.87. The topological polar surface area (TPSA) is 43.0 Å². The number of hydrogen-bond acceptors (Lipinski definition) is 4. The minimum atomic E-state index is -1.72. The highest BCUT2D eigenvalue weighted by molar-refractivity contribution is 6.74. The zero-order chi connectivity index (χ0) is 17.1. The molecule has 5 heteroatoms. The van der Waals surface area contributed by atoms with Gasteiger partial charge in [0.1, 0.15) is 5.75 Å². The van der Waals surface area contributed by atoms with Crippen LogP contribution in [-0.2, 0) is 15.7 Å². The highest BCUT2D eigenvalue weighted by atomic mass is 28.4. The molecule has 1 aliphatic rings. The van der Waals surface area contributed by atoms with Gasteiger partial charge >= 0.3 is 0 Å². The molecule has 23 heavy (non-hydrogen) atoms. The van der Waals surface area contributed by atoms with Gasteiger partial charge in [-0.15, -0.1) is 0 Å². The van der Waals surface area contributed by atoms with Crippen LogP contribution in [0.2, 0.25) is 18.1 Å². The van der Waals surface area contributed by atoms with E-state index in [1.54, 1.807) is 7.11 Å². The van der Waals surface area contributed by atoms with Gasteiger partial charge in [0.25, 0.3) is 0 Å². The first-order chi connectivity index (χ1) is 10.7. The predicted molar refractivity (Wildman–Crippen MR) is 96.5 cm³/mol. The Morgan fingerprint density at radius 2 is 1.87 bits per heavy atom. The lowest BCUT2D eigenvalue weighted by Crippen LogP contribution is -2.46. The van der Waals surface area contributed by atoms with Crippen LogP contribution in [0.25, 0.3) is 0 Å². The molecule has 1 heterocycles. The van der Waals surface area contributed by atoms with E-state index < -0.39 is 8.32 Å². The van der Waals surface area contributed by atoms with Gasteiger partial charge in [-0.1, -0.05) is 32.9 Å². The maximum Gasteiger partial charge on any atom is 0.192 e. The van der Waals surface area contributed by atoms with E-state index in [-0.39, 0.29) is 17.2 Å². The monoisotopic (exact) mass is 337 g/mol. The third-order valence-corrected chi connectivity index (χ3v) is 9.47. The summed E-state index contributed by atoms with van der Waals surface area (Å²) in [6, 6.07) is 8.42. The van der Waals surface area contributed by atoms with E-state index in [1.807, 2.05) is 12.1 Å². The molecule has 0 aliphatic carbocycles. The first kappa shape index (κ1) is 18.5. The number of ether oxygens (including phenoxy) is 2. The molecule has 0 aromatic heterocycles. The van der Waals surface area contributed by atoms with Crippen LogP contribution in [0.4, 0.5) is 0 Å². The quantitative estimate of drug-likeness (QED) is 0.582. The summed E-state index contributed by atoms with van der Waals surface area (Å²) in [5.74, 6) is 0.886. The predicted octanol–water partition coefficient (Wildman–Crippen LogP) is 3.57. The third-order valence-electron chi connectivity index (χ3n) is 4.97. The van der Waals surface area contributed by atoms with E-state index in [0.29, 0.717) is 0 Å². The second-order valence-electron chi connectivity index (χ2n) is 7.78. The normalized spacial score (nSPS) is 19.5. The molecule has 0 spiro atoms. The highest BCUT2D eigenvalue weighted by Crippen LogP contribution is 2.36. The third kappa shape index (κ3) is 5.31. The summed E-state index contributed by atoms with van der Waals surface area (Å²) in [6.45, 7) is 13.8. The van der Waals surface area contributed by atoms with Crippen molar-refractivity contribution in [1.29, 1.82) is 0 Å². The van der Waals surface area contributed by atoms with Crippen LogP contribution in [0.5, 0.6) is 5.75 Å². The van der Waals surface area contributed by atoms with Gasteiger partial charge in [-0.05, 0) is 35.8 Å². The van der Waals surface area contributed by atoms with Gasteiger partial charge in [-0.3, -0.25) is 0 Å². The lowest BCUT2D eigenvalue weighted by molar-refractivity contribution is 0.213. The summed E-state index contributed by atoms with van der Waals surface area (Å²) in [7, 11) is -0.0321. The first-order valence-corrected chi connectivity index (χ1v) is 11.3. The Morgan fingerprint density at radius 3 is 2.35 bits per heavy atom. The molecule has 1 aromatic rings. The second-order valence-corrected chi connectivity index (χ2v) is 12.6. The summed E-state index contributed by atoms with van der Waals surface area (Å²) in [6.07, 6.45) is 0.290. The summed E-state index contributed by atoms with van der Waals surface area (Å²) in [5, 5.41) is 3.82. The zero-order valence-corrected chi connectivity index (χ0v) is 16.3. The molecule has 2 rings (SSSR count). The molecule has 0 amide bonds. The van der Waals surface area contributed by atoms with Crippen LogP contribution in [0, 0.1) is 0 Å². The fourth-order valence-electron chi connectivity index (χ4n) is 2.09. The Kier molecular flexibility index (Phi) is 5.89. The molecule has 1 aromatic carbocycles. The van der Waals surface area contributed by atoms with Crippen molar-refractivity contribution in [2.45, 2.75) is 57.6 Å². The van der Waals surface area contributed by atoms with Crippen molar-refractivity contribution in [3.63, 3.8) is 0 Å². The van der Waals surface area contributed by atoms with Crippen molar-refractivity contribution in [3.05, 3.63) is 29.8 Å². The van der Waals surface area contributed by atoms with Crippen molar-refractivity contribution in [2.24, 2.45) is 0 Å². The van der Waals surface area contributed by atoms with Crippen LogP contribution in [0.15, 0.2) is 24.3 Å². The molecule has 1 saturated heterocycles. The van der Waals surface area contributed by atoms with E-state index >= 15 is 0 Å². The molecule has 1 fully saturated rings. The fourth-order valence-corrected chi connectivity index (χ4v) is 3.12. The van der Waals surface area contributed by atoms with Gasteiger partial charge < -0.3 is 19.2 Å². The number of nitrogens with one attached hydrogen (secondary N) is 1. The van der Waals surface area contributed by atoms with E-state index in [9.17, 15) is 0 Å². The average molecular weight is 338 g/mol. The standard InChI is InChI=1S/C18H31NO3Si/c1-18(2,3)23(5,6)22-12-16(17-13-21-17)19-11-14-7-9-15(20-4)10-8-14/h7-10,16-17,19H,11-13H2,1-6H3/t16-,17+/m0/s1. The summed E-state index contributed by atoms with van der Waals surface area (Å²) in [5.41, 5.74) is 1.24. The minimum Gasteiger partial charge on any atom is -0.497 e. The molecular weight excluding hydrogens is 306 g/mol. The van der Waals surface area contributed by atoms with Crippen molar-refractivity contribution < 1.29 is 13.9 Å². The van der Waals surface area contributed by atoms with Gasteiger partial charge in [-0.25, -0.2) is 0 Å². The van der Waals surface area contributed by atoms with Gasteiger partial charge in [0, 0.05) is 6.54 Å². The first-order valence-electron chi connectivity index (χ1n) is 8.35. The number of benzene rings is 1. The Labute approximate surface area is 141 Å². The van der Waals surface area contributed by atoms with Crippen LogP contribution >= 0.6 is 0 Å². The largest absolute Gasteiger partial charge is 0.497 e. The van der Waals surface area contributed by atoms with Gasteiger partial charge in [-0.2, -0.15) is 0 Å². The van der Waals surface area contributed by atoms with Crippen molar-refractivity contribution in [2.75, 3.05) is 20.3 Å². The minimum absolute atomic E-state index is 0.234. The molecule has 1 aliphatic heterocycles. The molecular formula is C18H31NO3Si. The maximum atomic E-state index is 6.36. The fraction of sp³-hybridized carbons (Fsp3) is 0.667. The van der Waals surface area contributed by atoms with Gasteiger partial charge in [0.15, 0.2) is 8.32 Å².